The van der Waals surface area contributed by atoms with Crippen LogP contribution < -0.4 is 0 Å². The van der Waals surface area contributed by atoms with Gasteiger partial charge in [0.15, 0.2) is 0 Å². The van der Waals surface area contributed by atoms with Crippen LogP contribution in [0.1, 0.15) is 66.2 Å². The predicted octanol–water partition coefficient (Wildman–Crippen LogP) is 5.96. The van der Waals surface area contributed by atoms with E-state index in [0.29, 0.717) is 0 Å². The van der Waals surface area contributed by atoms with Gasteiger partial charge in [-0.05, 0) is 13.0 Å². The van der Waals surface area contributed by atoms with Gasteiger partial charge in [-0.15, -0.1) is 5.73 Å². The van der Waals surface area contributed by atoms with Crippen LogP contribution in [-0.2, 0) is 0 Å². The molecule has 0 unspecified atom stereocenters. The topological polar surface area (TPSA) is 0 Å². The molecule has 0 bridgehead atoms. The fourth-order valence-corrected chi connectivity index (χ4v) is 12.8. The summed E-state index contributed by atoms with van der Waals surface area (Å²) in [5, 5.41) is 0. The van der Waals surface area contributed by atoms with Gasteiger partial charge in [0.05, 0.1) is 0 Å². The molecule has 0 heterocycles. The summed E-state index contributed by atoms with van der Waals surface area (Å²) in [6.07, 6.45) is 10.6. The Morgan fingerprint density at radius 2 is 1.18 bits per heavy atom. The molecule has 0 aromatic heterocycles. The van der Waals surface area contributed by atoms with E-state index in [1.54, 1.807) is 19.4 Å². The molecular formula is C16H34Sn. The average Bonchev–Trinajstić information content (AvgIpc) is 2.38. The van der Waals surface area contributed by atoms with E-state index in [1.165, 1.54) is 38.5 Å². The first-order chi connectivity index (χ1) is 8.26. The van der Waals surface area contributed by atoms with Crippen molar-refractivity contribution in [2.24, 2.45) is 0 Å². The zero-order chi connectivity index (χ0) is 13.4. The summed E-state index contributed by atoms with van der Waals surface area (Å²) in [6, 6.07) is 0. The molecule has 1 heteroatoms. The van der Waals surface area contributed by atoms with Crippen LogP contribution in [0.5, 0.6) is 0 Å². The minimum absolute atomic E-state index is 0.967. The molecule has 0 rings (SSSR count). The molecule has 0 nitrogen and oxygen atoms in total. The molecule has 17 heavy (non-hydrogen) atoms. The molecule has 0 atom stereocenters. The summed E-state index contributed by atoms with van der Waals surface area (Å²) in [5.74, 6) is 0. The monoisotopic (exact) mass is 346 g/mol. The standard InChI is InChI=1S/3C4H9.C4H6.Sn.H/c4*1-3-4-2;;/h3*1,3-4H2,2H3;4H,1H2,2H3;;. The first kappa shape index (κ1) is 19.7. The van der Waals surface area contributed by atoms with Gasteiger partial charge >= 0.3 is 92.4 Å². The van der Waals surface area contributed by atoms with E-state index >= 15 is 0 Å². The van der Waals surface area contributed by atoms with Crippen LogP contribution in [0.25, 0.3) is 0 Å². The van der Waals surface area contributed by atoms with E-state index in [2.05, 4.69) is 33.1 Å². The second kappa shape index (κ2) is 18.7. The minimum atomic E-state index is -0.967. The maximum atomic E-state index is 3.30. The van der Waals surface area contributed by atoms with Gasteiger partial charge in [0.2, 0.25) is 0 Å². The Kier molecular flexibility index (Phi) is 21.6. The number of unbranched alkanes of at least 4 members (excludes halogenated alkanes) is 3. The van der Waals surface area contributed by atoms with Crippen molar-refractivity contribution in [1.82, 2.24) is 0 Å². The van der Waals surface area contributed by atoms with E-state index in [-0.39, 0.29) is 0 Å². The Morgan fingerprint density at radius 3 is 1.35 bits per heavy atom. The van der Waals surface area contributed by atoms with Crippen molar-refractivity contribution in [3.63, 3.8) is 0 Å². The molecule has 0 radical (unpaired) electrons. The Balaban J connectivity index is 0. The maximum absolute atomic E-state index is 3.30. The third-order valence-corrected chi connectivity index (χ3v) is 13.6. The van der Waals surface area contributed by atoms with Crippen LogP contribution in [0.3, 0.4) is 0 Å². The molecule has 0 aromatic carbocycles. The zero-order valence-electron chi connectivity index (χ0n) is 12.7. The summed E-state index contributed by atoms with van der Waals surface area (Å²) >= 11 is -0.967. The third-order valence-electron chi connectivity index (χ3n) is 3.10. The van der Waals surface area contributed by atoms with Gasteiger partial charge in [-0.1, -0.05) is 6.58 Å². The number of hydrogen-bond acceptors (Lipinski definition) is 0. The van der Waals surface area contributed by atoms with Crippen molar-refractivity contribution in [3.05, 3.63) is 18.4 Å². The molecule has 0 N–H and O–H groups in total. The van der Waals surface area contributed by atoms with Crippen LogP contribution in [0.2, 0.25) is 13.3 Å². The Hall–Kier alpha value is 0.319. The van der Waals surface area contributed by atoms with Gasteiger partial charge in [0.1, 0.15) is 0 Å². The molecule has 0 spiro atoms. The summed E-state index contributed by atoms with van der Waals surface area (Å²) in [7, 11) is 0. The summed E-state index contributed by atoms with van der Waals surface area (Å²) < 4.78 is 5.08. The van der Waals surface area contributed by atoms with E-state index in [9.17, 15) is 0 Å². The Bertz CT molecular complexity index is 149. The first-order valence-corrected chi connectivity index (χ1v) is 14.6. The van der Waals surface area contributed by atoms with E-state index < -0.39 is 19.8 Å². The number of hydrogen-bond donors (Lipinski definition) is 0. The van der Waals surface area contributed by atoms with Crippen LogP contribution in [0, 0.1) is 0 Å². The van der Waals surface area contributed by atoms with Gasteiger partial charge in [0.25, 0.3) is 0 Å². The van der Waals surface area contributed by atoms with Gasteiger partial charge < -0.3 is 0 Å². The molecular weight excluding hydrogens is 311 g/mol. The van der Waals surface area contributed by atoms with E-state index in [4.69, 9.17) is 0 Å². The van der Waals surface area contributed by atoms with Crippen LogP contribution in [0.15, 0.2) is 18.4 Å². The number of rotatable bonds is 9. The van der Waals surface area contributed by atoms with Gasteiger partial charge in [-0.2, -0.15) is 0 Å². The first-order valence-electron chi connectivity index (χ1n) is 7.57. The van der Waals surface area contributed by atoms with Gasteiger partial charge in [-0.3, -0.25) is 0 Å². The average molecular weight is 345 g/mol. The zero-order valence-corrected chi connectivity index (χ0v) is 16.0. The van der Waals surface area contributed by atoms with Crippen molar-refractivity contribution in [2.75, 3.05) is 0 Å². The number of allylic oxidation sites excluding steroid dienone is 1. The molecule has 0 saturated heterocycles. The molecule has 0 aliphatic heterocycles. The summed E-state index contributed by atoms with van der Waals surface area (Å²) in [4.78, 5) is 0. The molecule has 102 valence electrons. The Morgan fingerprint density at radius 1 is 0.882 bits per heavy atom. The molecule has 0 aliphatic carbocycles. The van der Waals surface area contributed by atoms with Crippen LogP contribution in [-0.4, -0.2) is 19.8 Å². The fraction of sp³-hybridized carbons (Fsp3) is 0.812. The van der Waals surface area contributed by atoms with Crippen molar-refractivity contribution in [1.29, 1.82) is 0 Å². The summed E-state index contributed by atoms with van der Waals surface area (Å²) in [6.45, 7) is 12.2. The second-order valence-electron chi connectivity index (χ2n) is 4.79. The predicted molar refractivity (Wildman–Crippen MR) is 85.7 cm³/mol. The van der Waals surface area contributed by atoms with E-state index in [1.807, 2.05) is 6.92 Å². The SMILES string of the molecule is C=C=CC.CCC[CH2][SnH]([CH2]CCC)[CH2]CCC. The molecule has 0 saturated carbocycles. The molecule has 0 amide bonds. The van der Waals surface area contributed by atoms with Crippen LogP contribution >= 0.6 is 0 Å². The van der Waals surface area contributed by atoms with Crippen molar-refractivity contribution in [2.45, 2.75) is 79.5 Å². The fourth-order valence-electron chi connectivity index (χ4n) is 1.91. The summed E-state index contributed by atoms with van der Waals surface area (Å²) in [5.41, 5.74) is 2.56. The van der Waals surface area contributed by atoms with Gasteiger partial charge in [0, 0.05) is 0 Å². The quantitative estimate of drug-likeness (QED) is 0.357. The van der Waals surface area contributed by atoms with Gasteiger partial charge in [-0.25, -0.2) is 0 Å². The van der Waals surface area contributed by atoms with E-state index in [0.717, 1.165) is 0 Å². The second-order valence-corrected chi connectivity index (χ2v) is 14.7. The Labute approximate surface area is 117 Å². The normalized spacial score (nSPS) is 9.47. The van der Waals surface area contributed by atoms with Crippen molar-refractivity contribution < 1.29 is 0 Å². The van der Waals surface area contributed by atoms with Crippen molar-refractivity contribution in [3.8, 4) is 0 Å². The molecule has 0 aliphatic rings. The molecule has 0 fully saturated rings. The van der Waals surface area contributed by atoms with Crippen molar-refractivity contribution >= 4 is 19.8 Å². The van der Waals surface area contributed by atoms with Crippen LogP contribution in [0.4, 0.5) is 0 Å². The molecule has 0 aromatic rings. The third kappa shape index (κ3) is 18.9.